The Labute approximate surface area is 303 Å². The Hall–Kier alpha value is -4.95. The summed E-state index contributed by atoms with van der Waals surface area (Å²) in [7, 11) is 1.80. The molecule has 2 N–H and O–H groups in total. The highest BCUT2D eigenvalue weighted by atomic mass is 16.6. The summed E-state index contributed by atoms with van der Waals surface area (Å²) in [6.07, 6.45) is 5.02. The third-order valence-corrected chi connectivity index (χ3v) is 10.2. The number of amides is 5. The van der Waals surface area contributed by atoms with Crippen molar-refractivity contribution in [1.29, 1.82) is 0 Å². The summed E-state index contributed by atoms with van der Waals surface area (Å²) < 4.78 is 11.3. The number of hydrogen-bond acceptors (Lipinski definition) is 9. The molecule has 3 heterocycles. The standard InChI is InChI=1S/C37H50N6O9/c1-4-5-20-51-37(50)42-18-16-41(17-19-42)35(48)27(13-14-33(45)46)39-34(47)29-22-31(26-12-11-24(2)21-28(26)38-29)52-23-32(44)43-15-7-10-30(43)36(49)40(3)25-8-6-9-25/h11-12,21-22,25,27,30H,4-10,13-20,23H2,1-3H3,(H,39,47)(H,45,46). The van der Waals surface area contributed by atoms with Gasteiger partial charge in [0.25, 0.3) is 11.8 Å². The van der Waals surface area contributed by atoms with Crippen LogP contribution in [0.3, 0.4) is 0 Å². The molecular weight excluding hydrogens is 672 g/mol. The lowest BCUT2D eigenvalue weighted by Crippen LogP contribution is -2.56. The van der Waals surface area contributed by atoms with E-state index in [4.69, 9.17) is 9.47 Å². The van der Waals surface area contributed by atoms with E-state index in [0.717, 1.165) is 37.7 Å². The van der Waals surface area contributed by atoms with E-state index in [2.05, 4.69) is 10.3 Å². The molecule has 1 aromatic carbocycles. The molecule has 2 aromatic rings. The molecule has 52 heavy (non-hydrogen) atoms. The molecule has 15 heteroatoms. The number of nitrogens with zero attached hydrogens (tertiary/aromatic N) is 5. The molecule has 5 amide bonds. The summed E-state index contributed by atoms with van der Waals surface area (Å²) in [4.78, 5) is 88.8. The van der Waals surface area contributed by atoms with Gasteiger partial charge in [0, 0.05) is 63.7 Å². The molecule has 0 spiro atoms. The van der Waals surface area contributed by atoms with Crippen LogP contribution in [0.25, 0.3) is 10.9 Å². The largest absolute Gasteiger partial charge is 0.483 e. The van der Waals surface area contributed by atoms with Crippen LogP contribution in [0.2, 0.25) is 0 Å². The molecule has 15 nitrogen and oxygen atoms in total. The fraction of sp³-hybridized carbons (Fsp3) is 0.595. The number of aryl methyl sites for hydroxylation is 1. The highest BCUT2D eigenvalue weighted by Gasteiger charge is 2.38. The number of pyridine rings is 1. The van der Waals surface area contributed by atoms with E-state index >= 15 is 0 Å². The van der Waals surface area contributed by atoms with Crippen LogP contribution in [0.5, 0.6) is 5.75 Å². The number of rotatable bonds is 14. The molecule has 2 saturated heterocycles. The van der Waals surface area contributed by atoms with E-state index in [0.29, 0.717) is 36.9 Å². The minimum absolute atomic E-state index is 0.0573. The Morgan fingerprint density at radius 3 is 2.40 bits per heavy atom. The molecule has 2 unspecified atom stereocenters. The van der Waals surface area contributed by atoms with Gasteiger partial charge in [0.1, 0.15) is 23.5 Å². The minimum Gasteiger partial charge on any atom is -0.483 e. The van der Waals surface area contributed by atoms with Gasteiger partial charge in [-0.25, -0.2) is 9.78 Å². The average molecular weight is 723 g/mol. The van der Waals surface area contributed by atoms with Gasteiger partial charge in [-0.05, 0) is 69.6 Å². The SMILES string of the molecule is CCCCOC(=O)N1CCN(C(=O)C(CCC(=O)O)NC(=O)c2cc(OCC(=O)N3CCCC3C(=O)N(C)C3CCC3)c3ccc(C)cc3n2)CC1. The number of carboxylic acid groups (broad SMARTS) is 1. The van der Waals surface area contributed by atoms with Crippen LogP contribution in [-0.2, 0) is 23.9 Å². The van der Waals surface area contributed by atoms with Crippen molar-refractivity contribution in [3.8, 4) is 5.75 Å². The molecule has 2 aliphatic heterocycles. The minimum atomic E-state index is -1.17. The highest BCUT2D eigenvalue weighted by Crippen LogP contribution is 2.29. The van der Waals surface area contributed by atoms with Gasteiger partial charge >= 0.3 is 12.1 Å². The van der Waals surface area contributed by atoms with Gasteiger partial charge in [-0.1, -0.05) is 19.4 Å². The second-order valence-electron chi connectivity index (χ2n) is 13.8. The first kappa shape index (κ1) is 38.3. The molecule has 3 aliphatic rings. The quantitative estimate of drug-likeness (QED) is 0.276. The van der Waals surface area contributed by atoms with E-state index in [9.17, 15) is 33.9 Å². The van der Waals surface area contributed by atoms with Crippen molar-refractivity contribution in [2.24, 2.45) is 0 Å². The smallest absolute Gasteiger partial charge is 0.409 e. The second-order valence-corrected chi connectivity index (χ2v) is 13.8. The Morgan fingerprint density at radius 2 is 1.73 bits per heavy atom. The number of likely N-dealkylation sites (tertiary alicyclic amines) is 1. The lowest BCUT2D eigenvalue weighted by Gasteiger charge is -2.37. The molecule has 0 bridgehead atoms. The average Bonchev–Trinajstić information content (AvgIpc) is 3.60. The van der Waals surface area contributed by atoms with Crippen LogP contribution < -0.4 is 10.1 Å². The molecule has 5 rings (SSSR count). The molecule has 282 valence electrons. The predicted molar refractivity (Wildman–Crippen MR) is 190 cm³/mol. The molecule has 0 radical (unpaired) electrons. The van der Waals surface area contributed by atoms with Crippen LogP contribution in [0.4, 0.5) is 4.79 Å². The molecule has 1 aliphatic carbocycles. The number of benzene rings is 1. The zero-order chi connectivity index (χ0) is 37.4. The summed E-state index contributed by atoms with van der Waals surface area (Å²) in [6.45, 7) is 5.15. The monoisotopic (exact) mass is 722 g/mol. The highest BCUT2D eigenvalue weighted by molar-refractivity contribution is 5.99. The molecular formula is C37H50N6O9. The summed E-state index contributed by atoms with van der Waals surface area (Å²) >= 11 is 0. The molecule has 1 saturated carbocycles. The predicted octanol–water partition coefficient (Wildman–Crippen LogP) is 2.97. The number of likely N-dealkylation sites (N-methyl/N-ethyl adjacent to an activating group) is 1. The number of piperazine rings is 1. The van der Waals surface area contributed by atoms with Crippen molar-refractivity contribution in [2.45, 2.75) is 89.8 Å². The fourth-order valence-corrected chi connectivity index (χ4v) is 6.76. The number of hydrogen-bond donors (Lipinski definition) is 2. The van der Waals surface area contributed by atoms with Crippen molar-refractivity contribution in [3.63, 3.8) is 0 Å². The number of aromatic nitrogens is 1. The number of carboxylic acids is 1. The van der Waals surface area contributed by atoms with E-state index in [-0.39, 0.29) is 74.9 Å². The van der Waals surface area contributed by atoms with Gasteiger partial charge in [0.05, 0.1) is 12.1 Å². The Kier molecular flexibility index (Phi) is 12.9. The number of fused-ring (bicyclic) bond motifs is 1. The van der Waals surface area contributed by atoms with Crippen molar-refractivity contribution >= 4 is 46.6 Å². The zero-order valence-electron chi connectivity index (χ0n) is 30.3. The van der Waals surface area contributed by atoms with Gasteiger partial charge in [0.15, 0.2) is 6.61 Å². The molecule has 1 aromatic heterocycles. The summed E-state index contributed by atoms with van der Waals surface area (Å²) in [5.41, 5.74) is 1.22. The lowest BCUT2D eigenvalue weighted by atomic mass is 9.91. The number of ether oxygens (including phenoxy) is 2. The van der Waals surface area contributed by atoms with Crippen molar-refractivity contribution in [3.05, 3.63) is 35.5 Å². The Morgan fingerprint density at radius 1 is 1.00 bits per heavy atom. The van der Waals surface area contributed by atoms with Gasteiger partial charge in [-0.15, -0.1) is 0 Å². The lowest BCUT2D eigenvalue weighted by molar-refractivity contribution is -0.146. The third-order valence-electron chi connectivity index (χ3n) is 10.2. The summed E-state index contributed by atoms with van der Waals surface area (Å²) in [6, 6.07) is 5.32. The fourth-order valence-electron chi connectivity index (χ4n) is 6.76. The number of nitrogens with one attached hydrogen (secondary N) is 1. The van der Waals surface area contributed by atoms with E-state index < -0.39 is 36.0 Å². The maximum atomic E-state index is 13.7. The second kappa shape index (κ2) is 17.5. The van der Waals surface area contributed by atoms with Gasteiger partial charge in [0.2, 0.25) is 11.8 Å². The maximum absolute atomic E-state index is 13.7. The molecule has 2 atom stereocenters. The Bertz CT molecular complexity index is 1660. The van der Waals surface area contributed by atoms with Crippen LogP contribution in [0.15, 0.2) is 24.3 Å². The number of aliphatic carboxylic acids is 1. The van der Waals surface area contributed by atoms with Crippen molar-refractivity contribution in [1.82, 2.24) is 29.9 Å². The first-order chi connectivity index (χ1) is 25.0. The van der Waals surface area contributed by atoms with Crippen LogP contribution in [0, 0.1) is 6.92 Å². The summed E-state index contributed by atoms with van der Waals surface area (Å²) in [5.74, 6) is -2.47. The van der Waals surface area contributed by atoms with Crippen molar-refractivity contribution in [2.75, 3.05) is 53.0 Å². The van der Waals surface area contributed by atoms with Gasteiger partial charge in [-0.3, -0.25) is 24.0 Å². The van der Waals surface area contributed by atoms with Gasteiger partial charge < -0.3 is 39.5 Å². The summed E-state index contributed by atoms with van der Waals surface area (Å²) in [5, 5.41) is 12.6. The van der Waals surface area contributed by atoms with E-state index in [1.807, 2.05) is 19.9 Å². The molecule has 3 fully saturated rings. The first-order valence-corrected chi connectivity index (χ1v) is 18.3. The first-order valence-electron chi connectivity index (χ1n) is 18.3. The topological polar surface area (TPSA) is 179 Å². The van der Waals surface area contributed by atoms with Crippen LogP contribution >= 0.6 is 0 Å². The third kappa shape index (κ3) is 9.28. The number of carbonyl (C=O) groups is 6. The maximum Gasteiger partial charge on any atom is 0.409 e. The van der Waals surface area contributed by atoms with E-state index in [1.165, 1.54) is 15.9 Å². The Balaban J connectivity index is 1.28. The van der Waals surface area contributed by atoms with Crippen molar-refractivity contribution < 1.29 is 43.3 Å². The normalized spacial score (nSPS) is 18.1. The van der Waals surface area contributed by atoms with Gasteiger partial charge in [-0.2, -0.15) is 0 Å². The number of unbranched alkanes of at least 4 members (excludes halogenated alkanes) is 1. The number of carbonyl (C=O) groups excluding carboxylic acids is 5. The van der Waals surface area contributed by atoms with Crippen LogP contribution in [-0.4, -0.2) is 136 Å². The van der Waals surface area contributed by atoms with Crippen LogP contribution in [0.1, 0.15) is 80.8 Å². The zero-order valence-corrected chi connectivity index (χ0v) is 30.3. The van der Waals surface area contributed by atoms with E-state index in [1.54, 1.807) is 29.0 Å².